The van der Waals surface area contributed by atoms with Crippen LogP contribution in [0.5, 0.6) is 0 Å². The van der Waals surface area contributed by atoms with Gasteiger partial charge in [-0.25, -0.2) is 0 Å². The van der Waals surface area contributed by atoms with Crippen LogP contribution in [-0.4, -0.2) is 48.5 Å². The molecule has 1 N–H and O–H groups in total. The third-order valence-electron chi connectivity index (χ3n) is 2.14. The fourth-order valence-corrected chi connectivity index (χ4v) is 1.43. The van der Waals surface area contributed by atoms with Gasteiger partial charge in [-0.15, -0.1) is 0 Å². The molecule has 0 amide bonds. The molecule has 0 spiro atoms. The van der Waals surface area contributed by atoms with Gasteiger partial charge in [-0.3, -0.25) is 4.90 Å². The standard InChI is InChI=1S/C8H17NO2/c1-7(2)9-4-8(10,5-9)6-11-3/h7,10H,4-6H2,1-3H3. The number of ether oxygens (including phenoxy) is 1. The third-order valence-corrected chi connectivity index (χ3v) is 2.14. The second-order valence-corrected chi connectivity index (χ2v) is 3.66. The van der Waals surface area contributed by atoms with E-state index in [9.17, 15) is 5.11 Å². The van der Waals surface area contributed by atoms with Crippen LogP contribution >= 0.6 is 0 Å². The maximum atomic E-state index is 9.66. The summed E-state index contributed by atoms with van der Waals surface area (Å²) in [6.07, 6.45) is 0. The zero-order valence-electron chi connectivity index (χ0n) is 7.50. The van der Waals surface area contributed by atoms with Crippen molar-refractivity contribution < 1.29 is 9.84 Å². The molecule has 0 aromatic rings. The second-order valence-electron chi connectivity index (χ2n) is 3.66. The molecule has 1 heterocycles. The summed E-state index contributed by atoms with van der Waals surface area (Å²) in [6, 6.07) is 0.534. The number of nitrogens with zero attached hydrogens (tertiary/aromatic N) is 1. The van der Waals surface area contributed by atoms with Crippen molar-refractivity contribution in [2.75, 3.05) is 26.8 Å². The Morgan fingerprint density at radius 1 is 1.55 bits per heavy atom. The van der Waals surface area contributed by atoms with E-state index in [4.69, 9.17) is 4.74 Å². The molecule has 1 saturated heterocycles. The van der Waals surface area contributed by atoms with E-state index >= 15 is 0 Å². The van der Waals surface area contributed by atoms with E-state index in [0.717, 1.165) is 13.1 Å². The lowest BCUT2D eigenvalue weighted by Crippen LogP contribution is -2.65. The van der Waals surface area contributed by atoms with Crippen molar-refractivity contribution in [3.05, 3.63) is 0 Å². The molecule has 0 aromatic carbocycles. The second kappa shape index (κ2) is 3.09. The summed E-state index contributed by atoms with van der Waals surface area (Å²) in [5.41, 5.74) is -0.570. The largest absolute Gasteiger partial charge is 0.385 e. The molecule has 0 radical (unpaired) electrons. The Hall–Kier alpha value is -0.120. The summed E-state index contributed by atoms with van der Waals surface area (Å²) in [5.74, 6) is 0. The quantitative estimate of drug-likeness (QED) is 0.633. The van der Waals surface area contributed by atoms with Crippen molar-refractivity contribution >= 4 is 0 Å². The Labute approximate surface area is 68.0 Å². The summed E-state index contributed by atoms with van der Waals surface area (Å²) in [5, 5.41) is 9.66. The topological polar surface area (TPSA) is 32.7 Å². The van der Waals surface area contributed by atoms with Gasteiger partial charge in [-0.1, -0.05) is 0 Å². The number of rotatable bonds is 3. The normalized spacial score (nSPS) is 23.7. The zero-order valence-corrected chi connectivity index (χ0v) is 7.50. The van der Waals surface area contributed by atoms with Crippen LogP contribution in [0.1, 0.15) is 13.8 Å². The lowest BCUT2D eigenvalue weighted by atomic mass is 9.94. The van der Waals surface area contributed by atoms with Crippen LogP contribution in [0.2, 0.25) is 0 Å². The monoisotopic (exact) mass is 159 g/mol. The smallest absolute Gasteiger partial charge is 0.113 e. The van der Waals surface area contributed by atoms with Crippen LogP contribution in [0.15, 0.2) is 0 Å². The Morgan fingerprint density at radius 3 is 2.45 bits per heavy atom. The SMILES string of the molecule is COCC1(O)CN(C(C)C)C1. The first-order valence-electron chi connectivity index (χ1n) is 4.03. The van der Waals surface area contributed by atoms with E-state index in [1.165, 1.54) is 0 Å². The molecule has 0 aromatic heterocycles. The number of likely N-dealkylation sites (tertiary alicyclic amines) is 1. The molecule has 0 atom stereocenters. The van der Waals surface area contributed by atoms with E-state index in [2.05, 4.69) is 18.7 Å². The molecule has 66 valence electrons. The van der Waals surface area contributed by atoms with Gasteiger partial charge in [0.15, 0.2) is 0 Å². The van der Waals surface area contributed by atoms with Crippen LogP contribution in [-0.2, 0) is 4.74 Å². The first-order valence-corrected chi connectivity index (χ1v) is 4.03. The molecule has 11 heavy (non-hydrogen) atoms. The van der Waals surface area contributed by atoms with E-state index in [0.29, 0.717) is 12.6 Å². The average Bonchev–Trinajstić information content (AvgIpc) is 1.82. The number of aliphatic hydroxyl groups is 1. The van der Waals surface area contributed by atoms with Crippen molar-refractivity contribution in [1.82, 2.24) is 4.90 Å². The predicted octanol–water partition coefficient (Wildman–Crippen LogP) is 0.0879. The van der Waals surface area contributed by atoms with Crippen molar-refractivity contribution in [3.8, 4) is 0 Å². The molecular weight excluding hydrogens is 142 g/mol. The number of hydrogen-bond acceptors (Lipinski definition) is 3. The van der Waals surface area contributed by atoms with E-state index in [1.807, 2.05) is 0 Å². The number of hydrogen-bond donors (Lipinski definition) is 1. The van der Waals surface area contributed by atoms with Gasteiger partial charge in [-0.2, -0.15) is 0 Å². The minimum Gasteiger partial charge on any atom is -0.385 e. The third kappa shape index (κ3) is 1.92. The molecular formula is C8H17NO2. The van der Waals surface area contributed by atoms with Crippen molar-refractivity contribution in [2.45, 2.75) is 25.5 Å². The van der Waals surface area contributed by atoms with Crippen molar-refractivity contribution in [3.63, 3.8) is 0 Å². The molecule has 1 fully saturated rings. The Morgan fingerprint density at radius 2 is 2.09 bits per heavy atom. The van der Waals surface area contributed by atoms with Crippen LogP contribution in [0.4, 0.5) is 0 Å². The van der Waals surface area contributed by atoms with E-state index in [1.54, 1.807) is 7.11 Å². The first-order chi connectivity index (χ1) is 5.07. The maximum absolute atomic E-state index is 9.66. The number of methoxy groups -OCH3 is 1. The van der Waals surface area contributed by atoms with Gasteiger partial charge in [-0.05, 0) is 13.8 Å². The zero-order chi connectivity index (χ0) is 8.48. The first kappa shape index (κ1) is 8.97. The lowest BCUT2D eigenvalue weighted by molar-refractivity contribution is -0.142. The summed E-state index contributed by atoms with van der Waals surface area (Å²) in [4.78, 5) is 2.22. The fourth-order valence-electron chi connectivity index (χ4n) is 1.43. The van der Waals surface area contributed by atoms with Crippen LogP contribution in [0.25, 0.3) is 0 Å². The van der Waals surface area contributed by atoms with Crippen LogP contribution in [0.3, 0.4) is 0 Å². The fraction of sp³-hybridized carbons (Fsp3) is 1.00. The predicted molar refractivity (Wildman–Crippen MR) is 43.5 cm³/mol. The van der Waals surface area contributed by atoms with Gasteiger partial charge in [0.25, 0.3) is 0 Å². The maximum Gasteiger partial charge on any atom is 0.113 e. The molecule has 3 heteroatoms. The Kier molecular flexibility index (Phi) is 2.52. The number of β-amino-alcohol motifs (C(OH)–C–C–N with tert-alkyl or cyclic N) is 1. The summed E-state index contributed by atoms with van der Waals surface area (Å²) >= 11 is 0. The minimum absolute atomic E-state index is 0.455. The molecule has 0 saturated carbocycles. The highest BCUT2D eigenvalue weighted by Crippen LogP contribution is 2.22. The average molecular weight is 159 g/mol. The van der Waals surface area contributed by atoms with Gasteiger partial charge >= 0.3 is 0 Å². The highest BCUT2D eigenvalue weighted by Gasteiger charge is 2.41. The van der Waals surface area contributed by atoms with Crippen LogP contribution in [0, 0.1) is 0 Å². The molecule has 0 bridgehead atoms. The molecule has 1 rings (SSSR count). The molecule has 3 nitrogen and oxygen atoms in total. The highest BCUT2D eigenvalue weighted by molar-refractivity contribution is 4.96. The molecule has 0 aliphatic carbocycles. The van der Waals surface area contributed by atoms with E-state index < -0.39 is 5.60 Å². The van der Waals surface area contributed by atoms with Gasteiger partial charge in [0.2, 0.25) is 0 Å². The lowest BCUT2D eigenvalue weighted by Gasteiger charge is -2.48. The van der Waals surface area contributed by atoms with Crippen LogP contribution < -0.4 is 0 Å². The molecule has 1 aliphatic heterocycles. The summed E-state index contributed by atoms with van der Waals surface area (Å²) in [6.45, 7) is 6.21. The molecule has 1 aliphatic rings. The highest BCUT2D eigenvalue weighted by atomic mass is 16.5. The summed E-state index contributed by atoms with van der Waals surface area (Å²) in [7, 11) is 1.62. The van der Waals surface area contributed by atoms with Gasteiger partial charge < -0.3 is 9.84 Å². The minimum atomic E-state index is -0.570. The van der Waals surface area contributed by atoms with Gasteiger partial charge in [0, 0.05) is 26.2 Å². The van der Waals surface area contributed by atoms with Gasteiger partial charge in [0.05, 0.1) is 6.61 Å². The van der Waals surface area contributed by atoms with E-state index in [-0.39, 0.29) is 0 Å². The molecule has 0 unspecified atom stereocenters. The summed E-state index contributed by atoms with van der Waals surface area (Å²) < 4.78 is 4.90. The van der Waals surface area contributed by atoms with Gasteiger partial charge in [0.1, 0.15) is 5.60 Å². The van der Waals surface area contributed by atoms with Crippen molar-refractivity contribution in [1.29, 1.82) is 0 Å². The Balaban J connectivity index is 2.26. The Bertz CT molecular complexity index is 130. The van der Waals surface area contributed by atoms with Crippen molar-refractivity contribution in [2.24, 2.45) is 0 Å².